The molecule has 0 bridgehead atoms. The normalized spacial score (nSPS) is 15.8. The molecule has 2 heterocycles. The molecule has 0 aliphatic carbocycles. The minimum atomic E-state index is -3.77. The first-order valence-corrected chi connectivity index (χ1v) is 9.93. The number of hydrogen-bond donors (Lipinski definition) is 1. The van der Waals surface area contributed by atoms with Gasteiger partial charge in [0.1, 0.15) is 5.69 Å². The monoisotopic (exact) mass is 383 g/mol. The third kappa shape index (κ3) is 3.98. The number of nitrogens with zero attached hydrogens (tertiary/aromatic N) is 2. The van der Waals surface area contributed by atoms with Gasteiger partial charge in [-0.05, 0) is 23.6 Å². The van der Waals surface area contributed by atoms with Crippen molar-refractivity contribution in [2.24, 2.45) is 0 Å². The Balaban J connectivity index is 1.86. The van der Waals surface area contributed by atoms with Crippen LogP contribution in [0.3, 0.4) is 0 Å². The van der Waals surface area contributed by atoms with Gasteiger partial charge in [-0.25, -0.2) is 8.42 Å². The quantitative estimate of drug-likeness (QED) is 0.607. The summed E-state index contributed by atoms with van der Waals surface area (Å²) in [5.74, 6) is 0. The molecule has 1 aliphatic rings. The number of anilines is 1. The van der Waals surface area contributed by atoms with Crippen LogP contribution in [0.5, 0.6) is 0 Å². The van der Waals surface area contributed by atoms with E-state index in [1.54, 1.807) is 0 Å². The first kappa shape index (κ1) is 17.8. The van der Waals surface area contributed by atoms with Gasteiger partial charge in [-0.2, -0.15) is 4.31 Å². The molecule has 2 aromatic rings. The highest BCUT2D eigenvalue weighted by atomic mass is 32.2. The lowest BCUT2D eigenvalue weighted by Crippen LogP contribution is -2.40. The van der Waals surface area contributed by atoms with Gasteiger partial charge in [0.2, 0.25) is 10.0 Å². The molecule has 10 heteroatoms. The average molecular weight is 383 g/mol. The number of ether oxygens (including phenoxy) is 1. The Kier molecular flexibility index (Phi) is 5.33. The smallest absolute Gasteiger partial charge is 0.293 e. The number of morpholine rings is 1. The van der Waals surface area contributed by atoms with Crippen molar-refractivity contribution >= 4 is 32.7 Å². The minimum Gasteiger partial charge on any atom is -0.379 e. The van der Waals surface area contributed by atoms with Gasteiger partial charge < -0.3 is 10.1 Å². The molecule has 0 spiro atoms. The molecule has 1 aromatic carbocycles. The van der Waals surface area contributed by atoms with E-state index in [2.05, 4.69) is 5.32 Å². The maximum absolute atomic E-state index is 12.6. The number of benzene rings is 1. The number of hydrogen-bond acceptors (Lipinski definition) is 7. The highest BCUT2D eigenvalue weighted by Gasteiger charge is 2.28. The number of rotatable bonds is 6. The lowest BCUT2D eigenvalue weighted by Gasteiger charge is -2.26. The van der Waals surface area contributed by atoms with Crippen molar-refractivity contribution < 1.29 is 18.1 Å². The van der Waals surface area contributed by atoms with Crippen molar-refractivity contribution in [2.75, 3.05) is 31.6 Å². The molecular formula is C15H17N3O5S2. The van der Waals surface area contributed by atoms with E-state index in [1.165, 1.54) is 27.8 Å². The Morgan fingerprint density at radius 1 is 1.28 bits per heavy atom. The highest BCUT2D eigenvalue weighted by Crippen LogP contribution is 2.30. The molecule has 0 atom stereocenters. The van der Waals surface area contributed by atoms with E-state index >= 15 is 0 Å². The first-order valence-electron chi connectivity index (χ1n) is 7.61. The van der Waals surface area contributed by atoms with E-state index in [9.17, 15) is 18.5 Å². The van der Waals surface area contributed by atoms with Crippen LogP contribution in [0.4, 0.5) is 11.4 Å². The fourth-order valence-electron chi connectivity index (χ4n) is 2.50. The van der Waals surface area contributed by atoms with E-state index in [0.29, 0.717) is 25.4 Å². The second-order valence-electron chi connectivity index (χ2n) is 5.39. The van der Waals surface area contributed by atoms with E-state index in [-0.39, 0.29) is 23.7 Å². The third-order valence-corrected chi connectivity index (χ3v) is 6.58. The summed E-state index contributed by atoms with van der Waals surface area (Å²) < 4.78 is 31.7. The Bertz CT molecular complexity index is 846. The van der Waals surface area contributed by atoms with Crippen LogP contribution >= 0.6 is 11.3 Å². The number of sulfonamides is 1. The fraction of sp³-hybridized carbons (Fsp3) is 0.333. The Morgan fingerprint density at radius 2 is 2.04 bits per heavy atom. The highest BCUT2D eigenvalue weighted by molar-refractivity contribution is 7.89. The van der Waals surface area contributed by atoms with Crippen LogP contribution < -0.4 is 5.32 Å². The summed E-state index contributed by atoms with van der Waals surface area (Å²) in [6, 6.07) is 7.77. The van der Waals surface area contributed by atoms with Gasteiger partial charge in [0, 0.05) is 30.6 Å². The SMILES string of the molecule is O=[N+]([O-])c1cc(S(=O)(=O)N2CCOCC2)ccc1NCc1cccs1. The summed E-state index contributed by atoms with van der Waals surface area (Å²) in [5, 5.41) is 16.3. The molecule has 0 radical (unpaired) electrons. The number of nitro groups is 1. The molecule has 3 rings (SSSR count). The summed E-state index contributed by atoms with van der Waals surface area (Å²) in [6.45, 7) is 1.57. The average Bonchev–Trinajstić information content (AvgIpc) is 3.14. The van der Waals surface area contributed by atoms with E-state index in [1.807, 2.05) is 17.5 Å². The molecule has 134 valence electrons. The molecule has 1 saturated heterocycles. The summed E-state index contributed by atoms with van der Waals surface area (Å²) in [5.41, 5.74) is 0.0326. The third-order valence-electron chi connectivity index (χ3n) is 3.81. The van der Waals surface area contributed by atoms with Gasteiger partial charge in [-0.3, -0.25) is 10.1 Å². The molecule has 8 nitrogen and oxygen atoms in total. The lowest BCUT2D eigenvalue weighted by molar-refractivity contribution is -0.384. The van der Waals surface area contributed by atoms with Crippen molar-refractivity contribution in [1.29, 1.82) is 0 Å². The predicted molar refractivity (Wildman–Crippen MR) is 94.3 cm³/mol. The van der Waals surface area contributed by atoms with Crippen LogP contribution in [0.25, 0.3) is 0 Å². The predicted octanol–water partition coefficient (Wildman–Crippen LogP) is 2.29. The number of thiophene rings is 1. The summed E-state index contributed by atoms with van der Waals surface area (Å²) in [4.78, 5) is 11.8. The molecule has 1 N–H and O–H groups in total. The largest absolute Gasteiger partial charge is 0.379 e. The maximum Gasteiger partial charge on any atom is 0.293 e. The Morgan fingerprint density at radius 3 is 2.68 bits per heavy atom. The van der Waals surface area contributed by atoms with Crippen molar-refractivity contribution in [3.8, 4) is 0 Å². The zero-order chi connectivity index (χ0) is 17.9. The summed E-state index contributed by atoms with van der Waals surface area (Å²) in [6.07, 6.45) is 0. The maximum atomic E-state index is 12.6. The first-order chi connectivity index (χ1) is 12.0. The standard InChI is InChI=1S/C15H17N3O5S2/c19-18(20)15-10-13(25(21,22)17-5-7-23-8-6-17)3-4-14(15)16-11-12-2-1-9-24-12/h1-4,9-10,16H,5-8,11H2. The molecule has 1 aliphatic heterocycles. The molecule has 1 aromatic heterocycles. The minimum absolute atomic E-state index is 0.0808. The summed E-state index contributed by atoms with van der Waals surface area (Å²) in [7, 11) is -3.77. The Labute approximate surface area is 149 Å². The molecule has 25 heavy (non-hydrogen) atoms. The molecular weight excluding hydrogens is 366 g/mol. The number of nitrogens with one attached hydrogen (secondary N) is 1. The van der Waals surface area contributed by atoms with Crippen LogP contribution in [-0.4, -0.2) is 43.9 Å². The fourth-order valence-corrected chi connectivity index (χ4v) is 4.58. The van der Waals surface area contributed by atoms with E-state index < -0.39 is 14.9 Å². The Hall–Kier alpha value is -2.01. The van der Waals surface area contributed by atoms with Crippen molar-refractivity contribution in [3.05, 3.63) is 50.7 Å². The van der Waals surface area contributed by atoms with E-state index in [4.69, 9.17) is 4.74 Å². The van der Waals surface area contributed by atoms with Gasteiger partial charge in [-0.1, -0.05) is 6.07 Å². The number of nitro benzene ring substituents is 1. The van der Waals surface area contributed by atoms with Crippen molar-refractivity contribution in [3.63, 3.8) is 0 Å². The van der Waals surface area contributed by atoms with Gasteiger partial charge >= 0.3 is 0 Å². The topological polar surface area (TPSA) is 102 Å². The van der Waals surface area contributed by atoms with Crippen LogP contribution in [0.1, 0.15) is 4.88 Å². The molecule has 1 fully saturated rings. The zero-order valence-electron chi connectivity index (χ0n) is 13.3. The van der Waals surface area contributed by atoms with Gasteiger partial charge in [-0.15, -0.1) is 11.3 Å². The lowest BCUT2D eigenvalue weighted by atomic mass is 10.2. The van der Waals surface area contributed by atoms with Crippen molar-refractivity contribution in [2.45, 2.75) is 11.4 Å². The molecule has 0 unspecified atom stereocenters. The second-order valence-corrected chi connectivity index (χ2v) is 8.36. The summed E-state index contributed by atoms with van der Waals surface area (Å²) >= 11 is 1.54. The van der Waals surface area contributed by atoms with Crippen molar-refractivity contribution in [1.82, 2.24) is 4.31 Å². The van der Waals surface area contributed by atoms with Crippen LogP contribution in [0.2, 0.25) is 0 Å². The van der Waals surface area contributed by atoms with Gasteiger partial charge in [0.15, 0.2) is 0 Å². The van der Waals surface area contributed by atoms with Gasteiger partial charge in [0.05, 0.1) is 23.0 Å². The molecule has 0 amide bonds. The molecule has 0 saturated carbocycles. The van der Waals surface area contributed by atoms with Crippen LogP contribution in [0, 0.1) is 10.1 Å². The second kappa shape index (κ2) is 7.48. The van der Waals surface area contributed by atoms with Crippen LogP contribution in [0.15, 0.2) is 40.6 Å². The van der Waals surface area contributed by atoms with Crippen LogP contribution in [-0.2, 0) is 21.3 Å². The van der Waals surface area contributed by atoms with Gasteiger partial charge in [0.25, 0.3) is 5.69 Å². The zero-order valence-corrected chi connectivity index (χ0v) is 14.9. The van der Waals surface area contributed by atoms with E-state index in [0.717, 1.165) is 10.9 Å².